The Balaban J connectivity index is 1.86. The second-order valence-corrected chi connectivity index (χ2v) is 6.66. The number of rotatable bonds is 12. The average molecular weight is 397 g/mol. The fourth-order valence-electron chi connectivity index (χ4n) is 2.77. The number of hydrogen-bond donors (Lipinski definition) is 1. The maximum atomic E-state index is 12.1. The smallest absolute Gasteiger partial charge is 0.271 e. The summed E-state index contributed by atoms with van der Waals surface area (Å²) in [4.78, 5) is 22.4. The van der Waals surface area contributed by atoms with E-state index in [0.717, 1.165) is 18.4 Å². The van der Waals surface area contributed by atoms with Gasteiger partial charge < -0.3 is 4.74 Å². The molecule has 0 heterocycles. The minimum Gasteiger partial charge on any atom is -0.493 e. The summed E-state index contributed by atoms with van der Waals surface area (Å²) in [6, 6.07) is 13.0. The van der Waals surface area contributed by atoms with E-state index >= 15 is 0 Å². The molecule has 0 atom stereocenters. The van der Waals surface area contributed by atoms with Gasteiger partial charge in [0.1, 0.15) is 5.75 Å². The third kappa shape index (κ3) is 7.73. The number of ether oxygens (including phenoxy) is 1. The molecule has 0 aromatic heterocycles. The Morgan fingerprint density at radius 3 is 2.66 bits per heavy atom. The molecular weight excluding hydrogens is 370 g/mol. The van der Waals surface area contributed by atoms with Crippen LogP contribution >= 0.6 is 0 Å². The second-order valence-electron chi connectivity index (χ2n) is 6.66. The molecule has 29 heavy (non-hydrogen) atoms. The quantitative estimate of drug-likeness (QED) is 0.233. The van der Waals surface area contributed by atoms with Crippen LogP contribution in [0.1, 0.15) is 61.4 Å². The Kier molecular flexibility index (Phi) is 9.35. The molecule has 1 amide bonds. The summed E-state index contributed by atoms with van der Waals surface area (Å²) in [5.74, 6) is 0.185. The first kappa shape index (κ1) is 22.1. The molecule has 154 valence electrons. The molecule has 0 saturated carbocycles. The number of nitro groups is 1. The number of unbranched alkanes of at least 4 members (excludes halogenated alkanes) is 5. The fourth-order valence-corrected chi connectivity index (χ4v) is 2.77. The number of hydrazone groups is 1. The van der Waals surface area contributed by atoms with E-state index in [1.165, 1.54) is 56.2 Å². The fraction of sp³-hybridized carbons (Fsp3) is 0.364. The van der Waals surface area contributed by atoms with Gasteiger partial charge in [0.25, 0.3) is 11.6 Å². The highest BCUT2D eigenvalue weighted by molar-refractivity contribution is 5.95. The van der Waals surface area contributed by atoms with Crippen molar-refractivity contribution in [2.45, 2.75) is 45.4 Å². The van der Waals surface area contributed by atoms with E-state index in [9.17, 15) is 14.9 Å². The van der Waals surface area contributed by atoms with Gasteiger partial charge in [-0.25, -0.2) is 5.43 Å². The van der Waals surface area contributed by atoms with E-state index in [2.05, 4.69) is 17.5 Å². The van der Waals surface area contributed by atoms with E-state index < -0.39 is 10.8 Å². The zero-order valence-corrected chi connectivity index (χ0v) is 16.7. The summed E-state index contributed by atoms with van der Waals surface area (Å²) in [7, 11) is 0. The van der Waals surface area contributed by atoms with Gasteiger partial charge in [0.15, 0.2) is 0 Å². The molecule has 1 N–H and O–H groups in total. The molecular formula is C22H27N3O4. The van der Waals surface area contributed by atoms with Crippen molar-refractivity contribution in [1.29, 1.82) is 0 Å². The predicted octanol–water partition coefficient (Wildman–Crippen LogP) is 5.10. The van der Waals surface area contributed by atoms with Crippen LogP contribution in [0.4, 0.5) is 5.69 Å². The lowest BCUT2D eigenvalue weighted by atomic mass is 10.1. The van der Waals surface area contributed by atoms with E-state index in [1.807, 2.05) is 24.3 Å². The van der Waals surface area contributed by atoms with Gasteiger partial charge in [0.05, 0.1) is 17.7 Å². The van der Waals surface area contributed by atoms with Crippen LogP contribution in [0.3, 0.4) is 0 Å². The molecule has 0 unspecified atom stereocenters. The van der Waals surface area contributed by atoms with Gasteiger partial charge in [-0.15, -0.1) is 0 Å². The normalized spacial score (nSPS) is 10.8. The van der Waals surface area contributed by atoms with Crippen molar-refractivity contribution in [2.24, 2.45) is 5.10 Å². The number of carbonyl (C=O) groups excluding carboxylic acids is 1. The molecule has 0 saturated heterocycles. The summed E-state index contributed by atoms with van der Waals surface area (Å²) < 4.78 is 5.85. The molecule has 0 aliphatic rings. The number of para-hydroxylation sites is 1. The van der Waals surface area contributed by atoms with E-state index in [1.54, 1.807) is 0 Å². The number of nitrogens with one attached hydrogen (secondary N) is 1. The number of carbonyl (C=O) groups is 1. The Morgan fingerprint density at radius 2 is 1.86 bits per heavy atom. The van der Waals surface area contributed by atoms with Crippen molar-refractivity contribution in [3.8, 4) is 5.75 Å². The minimum absolute atomic E-state index is 0.143. The topological polar surface area (TPSA) is 93.8 Å². The summed E-state index contributed by atoms with van der Waals surface area (Å²) in [6.07, 6.45) is 8.66. The molecule has 2 aromatic carbocycles. The third-order valence-electron chi connectivity index (χ3n) is 4.36. The van der Waals surface area contributed by atoms with E-state index in [4.69, 9.17) is 4.74 Å². The van der Waals surface area contributed by atoms with Crippen LogP contribution < -0.4 is 10.2 Å². The predicted molar refractivity (Wildman–Crippen MR) is 113 cm³/mol. The number of nitro benzene ring substituents is 1. The summed E-state index contributed by atoms with van der Waals surface area (Å²) in [5, 5.41) is 14.8. The molecule has 0 aliphatic carbocycles. The lowest BCUT2D eigenvalue weighted by Gasteiger charge is -2.09. The molecule has 0 aliphatic heterocycles. The highest BCUT2D eigenvalue weighted by Gasteiger charge is 2.10. The molecule has 2 rings (SSSR count). The summed E-state index contributed by atoms with van der Waals surface area (Å²) in [6.45, 7) is 2.84. The second kappa shape index (κ2) is 12.3. The SMILES string of the molecule is CCCCCCCCOc1ccccc1/C=N/NC(=O)c1cccc([N+](=O)[O-])c1. The first-order chi connectivity index (χ1) is 14.1. The van der Waals surface area contributed by atoms with Crippen molar-refractivity contribution in [2.75, 3.05) is 6.61 Å². The van der Waals surface area contributed by atoms with Crippen molar-refractivity contribution in [1.82, 2.24) is 5.43 Å². The maximum absolute atomic E-state index is 12.1. The Morgan fingerprint density at radius 1 is 1.10 bits per heavy atom. The number of hydrogen-bond acceptors (Lipinski definition) is 5. The van der Waals surface area contributed by atoms with Crippen molar-refractivity contribution >= 4 is 17.8 Å². The van der Waals surface area contributed by atoms with Crippen LogP contribution in [0, 0.1) is 10.1 Å². The van der Waals surface area contributed by atoms with Crippen molar-refractivity contribution in [3.63, 3.8) is 0 Å². The first-order valence-corrected chi connectivity index (χ1v) is 9.91. The third-order valence-corrected chi connectivity index (χ3v) is 4.36. The zero-order chi connectivity index (χ0) is 20.9. The van der Waals surface area contributed by atoms with Crippen LogP contribution in [-0.2, 0) is 0 Å². The standard InChI is InChI=1S/C22H27N3O4/c1-2-3-4-5-6-9-15-29-21-14-8-7-11-19(21)17-23-24-22(26)18-12-10-13-20(16-18)25(27)28/h7-8,10-14,16-17H,2-6,9,15H2,1H3,(H,24,26)/b23-17+. The average Bonchev–Trinajstić information content (AvgIpc) is 2.74. The van der Waals surface area contributed by atoms with Gasteiger partial charge in [-0.1, -0.05) is 57.2 Å². The lowest BCUT2D eigenvalue weighted by molar-refractivity contribution is -0.384. The summed E-state index contributed by atoms with van der Waals surface area (Å²) >= 11 is 0. The van der Waals surface area contributed by atoms with Gasteiger partial charge >= 0.3 is 0 Å². The largest absolute Gasteiger partial charge is 0.493 e. The zero-order valence-electron chi connectivity index (χ0n) is 16.7. The van der Waals surface area contributed by atoms with Gasteiger partial charge in [-0.05, 0) is 24.6 Å². The highest BCUT2D eigenvalue weighted by atomic mass is 16.6. The number of benzene rings is 2. The number of amides is 1. The molecule has 0 radical (unpaired) electrons. The lowest BCUT2D eigenvalue weighted by Crippen LogP contribution is -2.17. The van der Waals surface area contributed by atoms with Gasteiger partial charge in [-0.3, -0.25) is 14.9 Å². The molecule has 7 nitrogen and oxygen atoms in total. The molecule has 0 bridgehead atoms. The van der Waals surface area contributed by atoms with Crippen LogP contribution in [-0.4, -0.2) is 23.7 Å². The van der Waals surface area contributed by atoms with Gasteiger partial charge in [-0.2, -0.15) is 5.10 Å². The Bertz CT molecular complexity index is 836. The number of non-ortho nitro benzene ring substituents is 1. The minimum atomic E-state index is -0.544. The van der Waals surface area contributed by atoms with Gasteiger partial charge in [0.2, 0.25) is 0 Å². The van der Waals surface area contributed by atoms with Crippen molar-refractivity contribution < 1.29 is 14.5 Å². The van der Waals surface area contributed by atoms with Crippen LogP contribution in [0.2, 0.25) is 0 Å². The monoisotopic (exact) mass is 397 g/mol. The van der Waals surface area contributed by atoms with Crippen LogP contribution in [0.15, 0.2) is 53.6 Å². The van der Waals surface area contributed by atoms with Crippen molar-refractivity contribution in [3.05, 3.63) is 69.8 Å². The molecule has 0 spiro atoms. The first-order valence-electron chi connectivity index (χ1n) is 9.91. The van der Waals surface area contributed by atoms with Crippen LogP contribution in [0.25, 0.3) is 0 Å². The maximum Gasteiger partial charge on any atom is 0.271 e. The number of nitrogens with zero attached hydrogens (tertiary/aromatic N) is 2. The van der Waals surface area contributed by atoms with Crippen LogP contribution in [0.5, 0.6) is 5.75 Å². The van der Waals surface area contributed by atoms with E-state index in [0.29, 0.717) is 12.4 Å². The van der Waals surface area contributed by atoms with Gasteiger partial charge in [0, 0.05) is 23.3 Å². The Labute approximate surface area is 170 Å². The molecule has 0 fully saturated rings. The summed E-state index contributed by atoms with van der Waals surface area (Å²) in [5.41, 5.74) is 3.16. The molecule has 7 heteroatoms. The molecule has 2 aromatic rings. The highest BCUT2D eigenvalue weighted by Crippen LogP contribution is 2.17. The van der Waals surface area contributed by atoms with E-state index in [-0.39, 0.29) is 11.3 Å². The Hall–Kier alpha value is -3.22.